The number of benzene rings is 2. The topological polar surface area (TPSA) is 67.8 Å². The molecule has 2 heterocycles. The number of rotatable bonds is 4. The molecule has 0 amide bonds. The van der Waals surface area contributed by atoms with Crippen LogP contribution in [0.25, 0.3) is 10.8 Å². The molecule has 1 aliphatic heterocycles. The van der Waals surface area contributed by atoms with Crippen molar-refractivity contribution in [3.05, 3.63) is 66.5 Å². The van der Waals surface area contributed by atoms with Gasteiger partial charge in [-0.3, -0.25) is 9.98 Å². The van der Waals surface area contributed by atoms with Crippen molar-refractivity contribution in [3.63, 3.8) is 0 Å². The summed E-state index contributed by atoms with van der Waals surface area (Å²) < 4.78 is 11.7. The van der Waals surface area contributed by atoms with E-state index in [2.05, 4.69) is 32.7 Å². The number of ether oxygens (including phenoxy) is 2. The number of guanidine groups is 1. The Kier molecular flexibility index (Phi) is 5.05. The first kappa shape index (κ1) is 17.1. The molecule has 0 saturated heterocycles. The Morgan fingerprint density at radius 3 is 2.78 bits per heavy atom. The summed E-state index contributed by atoms with van der Waals surface area (Å²) in [7, 11) is 1.75. The lowest BCUT2D eigenvalue weighted by molar-refractivity contribution is 0.0936. The fourth-order valence-electron chi connectivity index (χ4n) is 3.09. The second-order valence-corrected chi connectivity index (χ2v) is 6.28. The van der Waals surface area contributed by atoms with Crippen molar-refractivity contribution < 1.29 is 9.47 Å². The highest BCUT2D eigenvalue weighted by Crippen LogP contribution is 2.30. The molecule has 1 aromatic heterocycles. The highest BCUT2D eigenvalue weighted by atomic mass is 16.6. The van der Waals surface area contributed by atoms with E-state index in [1.54, 1.807) is 7.05 Å². The molecule has 4 rings (SSSR count). The molecule has 0 fully saturated rings. The van der Waals surface area contributed by atoms with Crippen LogP contribution in [0.2, 0.25) is 0 Å². The van der Waals surface area contributed by atoms with Gasteiger partial charge in [-0.15, -0.1) is 0 Å². The summed E-state index contributed by atoms with van der Waals surface area (Å²) in [6.07, 6.45) is 1.76. The molecule has 0 aliphatic carbocycles. The monoisotopic (exact) mass is 362 g/mol. The molecule has 0 saturated carbocycles. The molecule has 6 heteroatoms. The molecule has 0 bridgehead atoms. The predicted octanol–water partition coefficient (Wildman–Crippen LogP) is 2.74. The van der Waals surface area contributed by atoms with Gasteiger partial charge in [0.25, 0.3) is 0 Å². The molecule has 6 nitrogen and oxygen atoms in total. The van der Waals surface area contributed by atoms with E-state index < -0.39 is 0 Å². The Morgan fingerprint density at radius 1 is 1.07 bits per heavy atom. The summed E-state index contributed by atoms with van der Waals surface area (Å²) >= 11 is 0. The van der Waals surface area contributed by atoms with E-state index in [1.165, 1.54) is 5.39 Å². The first-order valence-electron chi connectivity index (χ1n) is 8.99. The van der Waals surface area contributed by atoms with Crippen molar-refractivity contribution in [1.29, 1.82) is 0 Å². The minimum Gasteiger partial charge on any atom is -0.486 e. The summed E-state index contributed by atoms with van der Waals surface area (Å²) in [5.41, 5.74) is 0.988. The summed E-state index contributed by atoms with van der Waals surface area (Å²) in [5.74, 6) is 2.27. The van der Waals surface area contributed by atoms with E-state index in [-0.39, 0.29) is 6.10 Å². The first-order chi connectivity index (χ1) is 13.3. The maximum Gasteiger partial charge on any atom is 0.191 e. The van der Waals surface area contributed by atoms with Crippen LogP contribution in [0.4, 0.5) is 0 Å². The van der Waals surface area contributed by atoms with Crippen molar-refractivity contribution >= 4 is 16.7 Å². The summed E-state index contributed by atoms with van der Waals surface area (Å²) in [4.78, 5) is 8.78. The second kappa shape index (κ2) is 7.95. The molecule has 0 spiro atoms. The van der Waals surface area contributed by atoms with Crippen LogP contribution in [0, 0.1) is 0 Å². The number of nitrogens with zero attached hydrogens (tertiary/aromatic N) is 2. The van der Waals surface area contributed by atoms with Gasteiger partial charge in [-0.2, -0.15) is 0 Å². The van der Waals surface area contributed by atoms with Gasteiger partial charge in [0.05, 0.1) is 18.8 Å². The zero-order valence-electron chi connectivity index (χ0n) is 15.2. The number of aromatic nitrogens is 1. The maximum atomic E-state index is 5.96. The number of para-hydroxylation sites is 2. The Labute approximate surface area is 158 Å². The van der Waals surface area contributed by atoms with Crippen LogP contribution in [-0.4, -0.2) is 37.2 Å². The van der Waals surface area contributed by atoms with Gasteiger partial charge >= 0.3 is 0 Å². The molecule has 2 aromatic carbocycles. The van der Waals surface area contributed by atoms with Gasteiger partial charge in [0.2, 0.25) is 0 Å². The number of nitrogens with one attached hydrogen (secondary N) is 2. The molecule has 2 N–H and O–H groups in total. The number of aliphatic imine (C=N–C) groups is 1. The highest BCUT2D eigenvalue weighted by molar-refractivity contribution is 5.85. The Hall–Kier alpha value is -3.28. The van der Waals surface area contributed by atoms with E-state index in [1.807, 2.05) is 48.7 Å². The van der Waals surface area contributed by atoms with Crippen LogP contribution in [0.5, 0.6) is 11.5 Å². The number of hydrogen-bond acceptors (Lipinski definition) is 4. The highest BCUT2D eigenvalue weighted by Gasteiger charge is 2.20. The van der Waals surface area contributed by atoms with E-state index >= 15 is 0 Å². The predicted molar refractivity (Wildman–Crippen MR) is 106 cm³/mol. The molecular formula is C21H22N4O2. The van der Waals surface area contributed by atoms with Crippen molar-refractivity contribution in [2.75, 3.05) is 20.2 Å². The Bertz CT molecular complexity index is 952. The average Bonchev–Trinajstić information content (AvgIpc) is 2.74. The van der Waals surface area contributed by atoms with Crippen LogP contribution >= 0.6 is 0 Å². The van der Waals surface area contributed by atoms with Crippen LogP contribution in [0.15, 0.2) is 65.8 Å². The smallest absolute Gasteiger partial charge is 0.191 e. The average molecular weight is 362 g/mol. The molecule has 3 aromatic rings. The minimum absolute atomic E-state index is 0.0749. The maximum absolute atomic E-state index is 5.96. The Morgan fingerprint density at radius 2 is 1.89 bits per heavy atom. The minimum atomic E-state index is -0.0749. The van der Waals surface area contributed by atoms with Crippen molar-refractivity contribution in [2.24, 2.45) is 4.99 Å². The third kappa shape index (κ3) is 3.95. The molecule has 1 unspecified atom stereocenters. The van der Waals surface area contributed by atoms with Crippen molar-refractivity contribution in [2.45, 2.75) is 12.6 Å². The summed E-state index contributed by atoms with van der Waals surface area (Å²) in [5, 5.41) is 8.93. The van der Waals surface area contributed by atoms with E-state index in [0.29, 0.717) is 25.7 Å². The zero-order chi connectivity index (χ0) is 18.5. The number of hydrogen-bond donors (Lipinski definition) is 2. The van der Waals surface area contributed by atoms with Crippen molar-refractivity contribution in [1.82, 2.24) is 15.6 Å². The molecule has 27 heavy (non-hydrogen) atoms. The van der Waals surface area contributed by atoms with Crippen molar-refractivity contribution in [3.8, 4) is 11.5 Å². The second-order valence-electron chi connectivity index (χ2n) is 6.28. The van der Waals surface area contributed by atoms with Gasteiger partial charge in [-0.05, 0) is 23.6 Å². The molecule has 1 atom stereocenters. The van der Waals surface area contributed by atoms with Gasteiger partial charge in [-0.25, -0.2) is 0 Å². The van der Waals surface area contributed by atoms with Gasteiger partial charge in [0, 0.05) is 18.6 Å². The van der Waals surface area contributed by atoms with Crippen LogP contribution in [0.1, 0.15) is 5.69 Å². The number of pyridine rings is 1. The van der Waals surface area contributed by atoms with Gasteiger partial charge < -0.3 is 20.1 Å². The van der Waals surface area contributed by atoms with Crippen LogP contribution < -0.4 is 20.1 Å². The zero-order valence-corrected chi connectivity index (χ0v) is 15.2. The van der Waals surface area contributed by atoms with E-state index in [0.717, 1.165) is 22.6 Å². The molecule has 1 aliphatic rings. The van der Waals surface area contributed by atoms with E-state index in [4.69, 9.17) is 9.47 Å². The fourth-order valence-corrected chi connectivity index (χ4v) is 3.09. The fraction of sp³-hybridized carbons (Fsp3) is 0.238. The molecule has 0 radical (unpaired) electrons. The molecular weight excluding hydrogens is 340 g/mol. The third-order valence-electron chi connectivity index (χ3n) is 4.47. The third-order valence-corrected chi connectivity index (χ3v) is 4.47. The van der Waals surface area contributed by atoms with E-state index in [9.17, 15) is 0 Å². The standard InChI is InChI=1S/C21H22N4O2/c1-22-21(24-12-16-14-26-19-8-4-5-9-20(19)27-16)25-13-18-17-7-3-2-6-15(17)10-11-23-18/h2-11,16H,12-14H2,1H3,(H2,22,24,25). The summed E-state index contributed by atoms with van der Waals surface area (Å²) in [6, 6.07) is 18.0. The lowest BCUT2D eigenvalue weighted by Crippen LogP contribution is -2.45. The van der Waals surface area contributed by atoms with Crippen LogP contribution in [-0.2, 0) is 6.54 Å². The lowest BCUT2D eigenvalue weighted by Gasteiger charge is -2.27. The first-order valence-corrected chi connectivity index (χ1v) is 8.99. The summed E-state index contributed by atoms with van der Waals surface area (Å²) in [6.45, 7) is 1.69. The normalized spacial score (nSPS) is 16.2. The SMILES string of the molecule is CN=C(NCc1nccc2ccccc12)NCC1COc2ccccc2O1. The Balaban J connectivity index is 1.34. The van der Waals surface area contributed by atoms with Gasteiger partial charge in [0.1, 0.15) is 12.7 Å². The number of fused-ring (bicyclic) bond motifs is 2. The largest absolute Gasteiger partial charge is 0.486 e. The lowest BCUT2D eigenvalue weighted by atomic mass is 10.1. The van der Waals surface area contributed by atoms with Gasteiger partial charge in [0.15, 0.2) is 17.5 Å². The quantitative estimate of drug-likeness (QED) is 0.552. The van der Waals surface area contributed by atoms with Crippen LogP contribution in [0.3, 0.4) is 0 Å². The van der Waals surface area contributed by atoms with Gasteiger partial charge in [-0.1, -0.05) is 36.4 Å². The molecule has 138 valence electrons.